The van der Waals surface area contributed by atoms with Gasteiger partial charge >= 0.3 is 5.97 Å². The molecule has 0 saturated carbocycles. The minimum Gasteiger partial charge on any atom is -0.490 e. The summed E-state index contributed by atoms with van der Waals surface area (Å²) in [6.07, 6.45) is 1.06. The number of carbonyl (C=O) groups excluding carboxylic acids is 2. The summed E-state index contributed by atoms with van der Waals surface area (Å²) in [5.41, 5.74) is 0. The van der Waals surface area contributed by atoms with Crippen molar-refractivity contribution in [1.82, 2.24) is 0 Å². The average Bonchev–Trinajstić information content (AvgIpc) is 2.04. The smallest absolute Gasteiger partial charge is 0.334 e. The molecule has 0 aromatic heterocycles. The van der Waals surface area contributed by atoms with Crippen LogP contribution in [0.15, 0.2) is 11.8 Å². The third-order valence-corrected chi connectivity index (χ3v) is 1.18. The molecule has 0 atom stereocenters. The zero-order chi connectivity index (χ0) is 10.3. The molecule has 0 saturated heterocycles. The summed E-state index contributed by atoms with van der Waals surface area (Å²) >= 11 is 0. The summed E-state index contributed by atoms with van der Waals surface area (Å²) in [6.45, 7) is 5.40. The number of Topliss-reactive ketones (excluding diaryl/α,β-unsaturated/α-hetero) is 1. The average molecular weight is 186 g/mol. The Morgan fingerprint density at radius 3 is 2.08 bits per heavy atom. The second-order valence-corrected chi connectivity index (χ2v) is 2.25. The Morgan fingerprint density at radius 1 is 1.15 bits per heavy atom. The van der Waals surface area contributed by atoms with Gasteiger partial charge < -0.3 is 9.47 Å². The van der Waals surface area contributed by atoms with Crippen LogP contribution in [0, 0.1) is 0 Å². The monoisotopic (exact) mass is 186 g/mol. The van der Waals surface area contributed by atoms with Gasteiger partial charge in [-0.15, -0.1) is 0 Å². The fourth-order valence-electron chi connectivity index (χ4n) is 0.691. The molecule has 0 spiro atoms. The maximum absolute atomic E-state index is 10.9. The molecular weight excluding hydrogens is 172 g/mol. The van der Waals surface area contributed by atoms with Gasteiger partial charge in [-0.1, -0.05) is 0 Å². The Hall–Kier alpha value is -1.32. The Balaban J connectivity index is 4.34. The summed E-state index contributed by atoms with van der Waals surface area (Å²) in [4.78, 5) is 21.8. The van der Waals surface area contributed by atoms with Crippen LogP contribution in [0.1, 0.15) is 20.8 Å². The minimum absolute atomic E-state index is 0.0425. The van der Waals surface area contributed by atoms with Gasteiger partial charge in [-0.25, -0.2) is 4.79 Å². The number of allylic oxidation sites excluding steroid dienone is 1. The molecule has 0 heterocycles. The van der Waals surface area contributed by atoms with Crippen LogP contribution in [0.4, 0.5) is 0 Å². The molecule has 0 aliphatic heterocycles. The van der Waals surface area contributed by atoms with Crippen LogP contribution in [-0.4, -0.2) is 25.0 Å². The van der Waals surface area contributed by atoms with E-state index < -0.39 is 5.97 Å². The SMILES string of the molecule is CCOC(=O)C=C(OCC)C(C)=O. The van der Waals surface area contributed by atoms with Gasteiger partial charge in [0, 0.05) is 6.92 Å². The van der Waals surface area contributed by atoms with E-state index >= 15 is 0 Å². The molecule has 74 valence electrons. The number of carbonyl (C=O) groups is 2. The Labute approximate surface area is 77.5 Å². The van der Waals surface area contributed by atoms with Gasteiger partial charge in [-0.2, -0.15) is 0 Å². The summed E-state index contributed by atoms with van der Waals surface area (Å²) in [7, 11) is 0. The van der Waals surface area contributed by atoms with E-state index in [1.165, 1.54) is 6.92 Å². The van der Waals surface area contributed by atoms with Crippen molar-refractivity contribution in [3.05, 3.63) is 11.8 Å². The van der Waals surface area contributed by atoms with Crippen molar-refractivity contribution in [3.63, 3.8) is 0 Å². The molecule has 0 N–H and O–H groups in total. The van der Waals surface area contributed by atoms with Crippen LogP contribution >= 0.6 is 0 Å². The standard InChI is InChI=1S/C9H14O4/c1-4-12-8(7(3)10)6-9(11)13-5-2/h6H,4-5H2,1-3H3. The molecule has 0 bridgehead atoms. The highest BCUT2D eigenvalue weighted by atomic mass is 16.5. The molecule has 0 aromatic carbocycles. The molecule has 0 radical (unpaired) electrons. The van der Waals surface area contributed by atoms with Crippen LogP contribution in [0.25, 0.3) is 0 Å². The van der Waals surface area contributed by atoms with Crippen molar-refractivity contribution < 1.29 is 19.1 Å². The van der Waals surface area contributed by atoms with Crippen LogP contribution in [0.3, 0.4) is 0 Å². The molecule has 0 rings (SSSR count). The highest BCUT2D eigenvalue weighted by Gasteiger charge is 2.07. The van der Waals surface area contributed by atoms with Gasteiger partial charge in [0.05, 0.1) is 19.3 Å². The summed E-state index contributed by atoms with van der Waals surface area (Å²) in [5, 5.41) is 0. The predicted molar refractivity (Wildman–Crippen MR) is 47.0 cm³/mol. The zero-order valence-corrected chi connectivity index (χ0v) is 8.12. The fraction of sp³-hybridized carbons (Fsp3) is 0.556. The number of ether oxygens (including phenoxy) is 2. The maximum atomic E-state index is 10.9. The van der Waals surface area contributed by atoms with Crippen molar-refractivity contribution in [1.29, 1.82) is 0 Å². The molecule has 0 aromatic rings. The lowest BCUT2D eigenvalue weighted by Gasteiger charge is -2.03. The lowest BCUT2D eigenvalue weighted by Crippen LogP contribution is -2.07. The summed E-state index contributed by atoms with van der Waals surface area (Å²) in [5.74, 6) is -0.794. The second-order valence-electron chi connectivity index (χ2n) is 2.25. The van der Waals surface area contributed by atoms with Gasteiger partial charge in [-0.3, -0.25) is 4.79 Å². The number of rotatable bonds is 5. The van der Waals surface area contributed by atoms with E-state index in [2.05, 4.69) is 4.74 Å². The van der Waals surface area contributed by atoms with E-state index in [1.807, 2.05) is 0 Å². The lowest BCUT2D eigenvalue weighted by atomic mass is 10.3. The molecule has 0 fully saturated rings. The van der Waals surface area contributed by atoms with Crippen molar-refractivity contribution in [2.24, 2.45) is 0 Å². The van der Waals surface area contributed by atoms with E-state index in [1.54, 1.807) is 13.8 Å². The molecule has 4 nitrogen and oxygen atoms in total. The first-order valence-electron chi connectivity index (χ1n) is 4.14. The molecular formula is C9H14O4. The largest absolute Gasteiger partial charge is 0.490 e. The maximum Gasteiger partial charge on any atom is 0.334 e. The van der Waals surface area contributed by atoms with Crippen LogP contribution < -0.4 is 0 Å². The van der Waals surface area contributed by atoms with E-state index in [9.17, 15) is 9.59 Å². The number of hydrogen-bond donors (Lipinski definition) is 0. The van der Waals surface area contributed by atoms with Crippen LogP contribution in [0.5, 0.6) is 0 Å². The first-order valence-corrected chi connectivity index (χ1v) is 4.14. The number of ketones is 1. The summed E-state index contributed by atoms with van der Waals surface area (Å²) < 4.78 is 9.55. The first-order chi connectivity index (χ1) is 6.11. The van der Waals surface area contributed by atoms with Crippen molar-refractivity contribution in [3.8, 4) is 0 Å². The highest BCUT2D eigenvalue weighted by molar-refractivity contribution is 5.97. The zero-order valence-electron chi connectivity index (χ0n) is 8.12. The molecule has 0 aliphatic rings. The van der Waals surface area contributed by atoms with Gasteiger partial charge in [0.1, 0.15) is 0 Å². The van der Waals surface area contributed by atoms with E-state index in [0.717, 1.165) is 6.08 Å². The lowest BCUT2D eigenvalue weighted by molar-refractivity contribution is -0.137. The number of esters is 1. The highest BCUT2D eigenvalue weighted by Crippen LogP contribution is 1.99. The Bertz CT molecular complexity index is 218. The quantitative estimate of drug-likeness (QED) is 0.366. The van der Waals surface area contributed by atoms with Gasteiger partial charge in [0.2, 0.25) is 0 Å². The fourth-order valence-corrected chi connectivity index (χ4v) is 0.691. The topological polar surface area (TPSA) is 52.6 Å². The normalized spacial score (nSPS) is 10.8. The second kappa shape index (κ2) is 6.22. The molecule has 4 heteroatoms. The first kappa shape index (κ1) is 11.7. The van der Waals surface area contributed by atoms with E-state index in [4.69, 9.17) is 4.74 Å². The minimum atomic E-state index is -0.554. The molecule has 13 heavy (non-hydrogen) atoms. The van der Waals surface area contributed by atoms with Gasteiger partial charge in [0.25, 0.3) is 0 Å². The Kier molecular flexibility index (Phi) is 5.59. The number of hydrogen-bond acceptors (Lipinski definition) is 4. The van der Waals surface area contributed by atoms with E-state index in [0.29, 0.717) is 6.61 Å². The molecule has 0 aliphatic carbocycles. The van der Waals surface area contributed by atoms with Crippen LogP contribution in [0.2, 0.25) is 0 Å². The predicted octanol–water partition coefficient (Wildman–Crippen LogP) is 1.06. The van der Waals surface area contributed by atoms with E-state index in [-0.39, 0.29) is 18.1 Å². The summed E-state index contributed by atoms with van der Waals surface area (Å²) in [6, 6.07) is 0. The van der Waals surface area contributed by atoms with Crippen LogP contribution in [-0.2, 0) is 19.1 Å². The van der Waals surface area contributed by atoms with Gasteiger partial charge in [-0.05, 0) is 13.8 Å². The third-order valence-electron chi connectivity index (χ3n) is 1.18. The van der Waals surface area contributed by atoms with Gasteiger partial charge in [0.15, 0.2) is 11.5 Å². The molecule has 0 amide bonds. The third kappa shape index (κ3) is 5.00. The van der Waals surface area contributed by atoms with Crippen molar-refractivity contribution >= 4 is 11.8 Å². The molecule has 0 unspecified atom stereocenters. The van der Waals surface area contributed by atoms with Crippen molar-refractivity contribution in [2.75, 3.05) is 13.2 Å². The Morgan fingerprint density at radius 2 is 1.69 bits per heavy atom. The van der Waals surface area contributed by atoms with Crippen molar-refractivity contribution in [2.45, 2.75) is 20.8 Å².